The number of nitrogens with one attached hydrogen (secondary N) is 1. The number of aromatic hydroxyl groups is 2. The number of aliphatic carboxylic acids is 1. The van der Waals surface area contributed by atoms with Crippen LogP contribution in [0, 0.1) is 0 Å². The first-order valence-electron chi connectivity index (χ1n) is 10.1. The van der Waals surface area contributed by atoms with E-state index in [0.717, 1.165) is 18.0 Å². The third-order valence-electron chi connectivity index (χ3n) is 5.63. The van der Waals surface area contributed by atoms with Gasteiger partial charge in [-0.15, -0.1) is 0 Å². The third-order valence-corrected chi connectivity index (χ3v) is 6.68. The third kappa shape index (κ3) is 4.59. The van der Waals surface area contributed by atoms with Gasteiger partial charge in [-0.1, -0.05) is 0 Å². The van der Waals surface area contributed by atoms with Crippen molar-refractivity contribution >= 4 is 41.0 Å². The molecule has 184 valence electrons. The molecule has 0 saturated carbocycles. The van der Waals surface area contributed by atoms with Crippen LogP contribution in [0.4, 0.5) is 0 Å². The quantitative estimate of drug-likeness (QED) is 0.120. The number of carboxylic acids is 1. The Morgan fingerprint density at radius 3 is 2.59 bits per heavy atom. The van der Waals surface area contributed by atoms with E-state index in [1.807, 2.05) is 0 Å². The first-order valence-corrected chi connectivity index (χ1v) is 11.2. The fourth-order valence-corrected chi connectivity index (χ4v) is 4.23. The molecule has 2 heterocycles. The molecule has 0 bridgehead atoms. The highest BCUT2D eigenvalue weighted by molar-refractivity contribution is 7.81. The molecule has 4 N–H and O–H groups in total. The fourth-order valence-electron chi connectivity index (χ4n) is 3.70. The molecule has 1 unspecified atom stereocenters. The number of β-lactam (4-membered cyclic amide) rings is 1. The maximum absolute atomic E-state index is 12.6. The van der Waals surface area contributed by atoms with Gasteiger partial charge in [0.1, 0.15) is 6.10 Å². The second-order valence-corrected chi connectivity index (χ2v) is 9.50. The van der Waals surface area contributed by atoms with Crippen LogP contribution in [0.5, 0.6) is 11.5 Å². The van der Waals surface area contributed by atoms with Gasteiger partial charge in [0.2, 0.25) is 11.8 Å². The van der Waals surface area contributed by atoms with Gasteiger partial charge in [0, 0.05) is 24.2 Å². The Morgan fingerprint density at radius 2 is 2.06 bits per heavy atom. The first kappa shape index (κ1) is 25.1. The lowest BCUT2D eigenvalue weighted by atomic mass is 9.92. The van der Waals surface area contributed by atoms with Gasteiger partial charge in [0.05, 0.1) is 4.75 Å². The largest absolute Gasteiger partial charge is 0.772 e. The minimum absolute atomic E-state index is 0.0358. The van der Waals surface area contributed by atoms with Gasteiger partial charge in [-0.25, -0.2) is 15.2 Å². The van der Waals surface area contributed by atoms with Crippen molar-refractivity contribution in [2.24, 2.45) is 10.1 Å². The Hall–Kier alpha value is -3.52. The molecule has 2 aliphatic rings. The molecule has 1 aromatic carbocycles. The zero-order valence-electron chi connectivity index (χ0n) is 18.4. The zero-order valence-corrected chi connectivity index (χ0v) is 19.2. The number of aliphatic imine (C=N–C) groups is 1. The van der Waals surface area contributed by atoms with E-state index in [2.05, 4.69) is 15.5 Å². The number of carbonyl (C=O) groups excluding carboxylic acids is 2. The number of rotatable bonds is 8. The van der Waals surface area contributed by atoms with Crippen molar-refractivity contribution in [1.29, 1.82) is 0 Å². The van der Waals surface area contributed by atoms with Gasteiger partial charge < -0.3 is 29.5 Å². The Balaban J connectivity index is 1.78. The van der Waals surface area contributed by atoms with E-state index in [1.165, 1.54) is 18.2 Å². The van der Waals surface area contributed by atoms with Crippen LogP contribution in [-0.4, -0.2) is 87.9 Å². The Labute approximate surface area is 196 Å². The number of ether oxygens (including phenoxy) is 1. The van der Waals surface area contributed by atoms with Crippen molar-refractivity contribution in [3.05, 3.63) is 23.8 Å². The van der Waals surface area contributed by atoms with Gasteiger partial charge in [-0.3, -0.25) is 13.8 Å². The average molecular weight is 495 g/mol. The maximum Gasteiger partial charge on any atom is 0.328 e. The molecule has 1 saturated heterocycles. The van der Waals surface area contributed by atoms with Crippen LogP contribution in [0.25, 0.3) is 0 Å². The van der Waals surface area contributed by atoms with Crippen molar-refractivity contribution in [1.82, 2.24) is 10.3 Å². The summed E-state index contributed by atoms with van der Waals surface area (Å²) in [5, 5.41) is 32.3. The summed E-state index contributed by atoms with van der Waals surface area (Å²) in [4.78, 5) is 41.5. The lowest BCUT2D eigenvalue weighted by Gasteiger charge is -2.48. The summed E-state index contributed by atoms with van der Waals surface area (Å²) in [5.74, 6) is -3.51. The fraction of sp³-hybridized carbons (Fsp3) is 0.450. The van der Waals surface area contributed by atoms with Gasteiger partial charge in [0.25, 0.3) is 5.91 Å². The predicted octanol–water partition coefficient (Wildman–Crippen LogP) is -0.554. The number of phenols is 2. The van der Waals surface area contributed by atoms with Crippen LogP contribution >= 0.6 is 0 Å². The van der Waals surface area contributed by atoms with E-state index in [4.69, 9.17) is 4.74 Å². The van der Waals surface area contributed by atoms with E-state index in [9.17, 15) is 38.5 Å². The predicted molar refractivity (Wildman–Crippen MR) is 117 cm³/mol. The molecule has 1 fully saturated rings. The lowest BCUT2D eigenvalue weighted by Crippen LogP contribution is -2.67. The molecule has 3 rings (SSSR count). The van der Waals surface area contributed by atoms with E-state index < -0.39 is 63.6 Å². The van der Waals surface area contributed by atoms with Gasteiger partial charge in [0.15, 0.2) is 23.6 Å². The van der Waals surface area contributed by atoms with Crippen LogP contribution in [0.15, 0.2) is 28.3 Å². The highest BCUT2D eigenvalue weighted by Crippen LogP contribution is 2.31. The Bertz CT molecular complexity index is 1110. The number of likely N-dealkylation sites (tertiary alicyclic amines) is 1. The van der Waals surface area contributed by atoms with Crippen LogP contribution in [0.1, 0.15) is 32.8 Å². The molecule has 34 heavy (non-hydrogen) atoms. The number of hydrogen-bond acceptors (Lipinski definition) is 10. The maximum atomic E-state index is 12.6. The van der Waals surface area contributed by atoms with E-state index in [-0.39, 0.29) is 18.1 Å². The molecular formula is C20H23N4O9S-. The van der Waals surface area contributed by atoms with Crippen LogP contribution in [0.2, 0.25) is 0 Å². The molecule has 0 radical (unpaired) electrons. The number of carboxylic acid groups (broad SMARTS) is 1. The second-order valence-electron chi connectivity index (χ2n) is 8.15. The Morgan fingerprint density at radius 1 is 1.38 bits per heavy atom. The summed E-state index contributed by atoms with van der Waals surface area (Å²) in [7, 11) is 0. The summed E-state index contributed by atoms with van der Waals surface area (Å²) < 4.78 is 27.3. The summed E-state index contributed by atoms with van der Waals surface area (Å²) in [6, 6.07) is 0.563. The van der Waals surface area contributed by atoms with Crippen LogP contribution < -0.4 is 5.43 Å². The van der Waals surface area contributed by atoms with Crippen molar-refractivity contribution in [2.75, 3.05) is 0 Å². The molecule has 0 aliphatic carbocycles. The minimum Gasteiger partial charge on any atom is -0.772 e. The molecule has 13 nitrogen and oxygen atoms in total. The van der Waals surface area contributed by atoms with Crippen LogP contribution in [-0.2, 0) is 30.2 Å². The number of phenolic OH excluding ortho intramolecular Hbond substituents is 2. The standard InChI is InChI=1S/C20H24N4O9S/c1-9-6-14(27)24(9)16(19(29)30)20(3,34(31)32)8-21-23-17(28)15-10(2)33-18(22-15)11-4-5-12(25)13(26)7-11/h4-5,7-10,15-16,25-26H,6H2,1-3H3,(H,23,28)(H,29,30)(H,31,32)/p-1/b21-8+/t9-,10-,15+,16+,20+/m1/s1. The SMILES string of the molecule is C[C@@H]1CC(=O)N1[C@@H](C(=O)O)[C@](C)(/C=N/NC(=O)[C@H]1N=C(c2ccc(O)c(O)c2)O[C@@H]1C)S(=O)[O-]. The highest BCUT2D eigenvalue weighted by Gasteiger charge is 2.51. The summed E-state index contributed by atoms with van der Waals surface area (Å²) in [5.41, 5.74) is 2.45. The van der Waals surface area contributed by atoms with Crippen molar-refractivity contribution < 1.29 is 43.2 Å². The van der Waals surface area contributed by atoms with E-state index in [1.54, 1.807) is 13.8 Å². The van der Waals surface area contributed by atoms with Gasteiger partial charge in [-0.2, -0.15) is 5.10 Å². The van der Waals surface area contributed by atoms with E-state index >= 15 is 0 Å². The molecule has 1 aromatic rings. The molecule has 0 aromatic heterocycles. The van der Waals surface area contributed by atoms with Crippen molar-refractivity contribution in [2.45, 2.75) is 56.2 Å². The van der Waals surface area contributed by atoms with Crippen LogP contribution in [0.3, 0.4) is 0 Å². The molecule has 0 spiro atoms. The minimum atomic E-state index is -3.02. The summed E-state index contributed by atoms with van der Waals surface area (Å²) in [6.45, 7) is 4.23. The monoisotopic (exact) mass is 495 g/mol. The number of amides is 2. The van der Waals surface area contributed by atoms with E-state index in [0.29, 0.717) is 5.56 Å². The zero-order chi connectivity index (χ0) is 25.4. The molecule has 2 aliphatic heterocycles. The summed E-state index contributed by atoms with van der Waals surface area (Å²) in [6.07, 6.45) is 0.110. The number of benzene rings is 1. The normalized spacial score (nSPS) is 25.6. The molecule has 6 atom stereocenters. The first-order chi connectivity index (χ1) is 15.9. The Kier molecular flexibility index (Phi) is 6.93. The van der Waals surface area contributed by atoms with Gasteiger partial charge in [-0.05, 0) is 50.1 Å². The molecule has 14 heteroatoms. The molecular weight excluding hydrogens is 472 g/mol. The summed E-state index contributed by atoms with van der Waals surface area (Å²) >= 11 is -3.02. The number of nitrogens with zero attached hydrogens (tertiary/aromatic N) is 3. The topological polar surface area (TPSA) is 201 Å². The lowest BCUT2D eigenvalue weighted by molar-refractivity contribution is -0.161. The smallest absolute Gasteiger partial charge is 0.328 e. The van der Waals surface area contributed by atoms with Crippen molar-refractivity contribution in [3.8, 4) is 11.5 Å². The highest BCUT2D eigenvalue weighted by atomic mass is 32.2. The number of hydrogen-bond donors (Lipinski definition) is 4. The van der Waals surface area contributed by atoms with Gasteiger partial charge >= 0.3 is 5.97 Å². The van der Waals surface area contributed by atoms with Crippen molar-refractivity contribution in [3.63, 3.8) is 0 Å². The second kappa shape index (κ2) is 9.38. The number of carbonyl (C=O) groups is 3. The molecule has 2 amide bonds. The average Bonchev–Trinajstić information content (AvgIpc) is 3.15. The number of hydrazone groups is 1.